The molecule has 0 atom stereocenters. The number of anilines is 2. The third kappa shape index (κ3) is 3.80. The second-order valence-corrected chi connectivity index (χ2v) is 9.16. The highest BCUT2D eigenvalue weighted by atomic mass is 32.1. The van der Waals surface area contributed by atoms with E-state index < -0.39 is 0 Å². The summed E-state index contributed by atoms with van der Waals surface area (Å²) in [6.07, 6.45) is 2.46. The number of aromatic nitrogens is 3. The van der Waals surface area contributed by atoms with Gasteiger partial charge in [-0.25, -0.2) is 9.97 Å². The number of thiophene rings is 1. The first-order chi connectivity index (χ1) is 14.4. The van der Waals surface area contributed by atoms with Crippen LogP contribution in [0.3, 0.4) is 0 Å². The molecule has 3 aromatic heterocycles. The molecule has 1 amide bonds. The largest absolute Gasteiger partial charge is 0.293 e. The Morgan fingerprint density at radius 3 is 2.70 bits per heavy atom. The topological polar surface area (TPSA) is 68.1 Å². The maximum Gasteiger partial charge on any atom is 0.262 e. The first-order valence-electron chi connectivity index (χ1n) is 9.67. The Kier molecular flexibility index (Phi) is 5.53. The van der Waals surface area contributed by atoms with E-state index in [0.717, 1.165) is 33.1 Å². The summed E-state index contributed by atoms with van der Waals surface area (Å²) in [5, 5.41) is 3.12. The second-order valence-electron chi connectivity index (χ2n) is 7.21. The summed E-state index contributed by atoms with van der Waals surface area (Å²) in [7, 11) is 0. The molecule has 4 aromatic rings. The van der Waals surface area contributed by atoms with Crippen LogP contribution in [0.25, 0.3) is 10.2 Å². The molecule has 1 aromatic carbocycles. The Balaban J connectivity index is 1.65. The number of aryl methyl sites for hydroxylation is 3. The molecule has 0 saturated heterocycles. The van der Waals surface area contributed by atoms with Crippen LogP contribution in [-0.4, -0.2) is 20.4 Å². The molecule has 154 valence electrons. The predicted molar refractivity (Wildman–Crippen MR) is 123 cm³/mol. The number of hydrogen-bond acceptors (Lipinski definition) is 6. The first kappa shape index (κ1) is 20.4. The van der Waals surface area contributed by atoms with Crippen molar-refractivity contribution in [3.63, 3.8) is 0 Å². The van der Waals surface area contributed by atoms with E-state index in [1.165, 1.54) is 23.8 Å². The predicted octanol–water partition coefficient (Wildman–Crippen LogP) is 4.83. The third-order valence-electron chi connectivity index (χ3n) is 5.04. The maximum absolute atomic E-state index is 12.8. The van der Waals surface area contributed by atoms with Crippen LogP contribution in [0.4, 0.5) is 10.8 Å². The summed E-state index contributed by atoms with van der Waals surface area (Å²) in [6.45, 7) is 7.97. The van der Waals surface area contributed by atoms with Crippen LogP contribution in [0.5, 0.6) is 0 Å². The van der Waals surface area contributed by atoms with Crippen LogP contribution >= 0.6 is 22.7 Å². The van der Waals surface area contributed by atoms with Gasteiger partial charge in [0.2, 0.25) is 5.91 Å². The molecule has 4 rings (SSSR count). The monoisotopic (exact) mass is 438 g/mol. The standard InChI is InChI=1S/C22H22N4O2S2/c1-5-18-9-19-20(30-18)23-12-25(21(19)28)10-16-11-29-22(24-16)26(15(4)27)17-7-6-13(2)14(3)8-17/h6-9,11-12H,5,10H2,1-4H3. The van der Waals surface area contributed by atoms with Gasteiger partial charge in [0.05, 0.1) is 29.6 Å². The van der Waals surface area contributed by atoms with E-state index in [4.69, 9.17) is 0 Å². The van der Waals surface area contributed by atoms with Gasteiger partial charge < -0.3 is 0 Å². The molecule has 6 nitrogen and oxygen atoms in total. The third-order valence-corrected chi connectivity index (χ3v) is 7.11. The minimum atomic E-state index is -0.107. The fourth-order valence-corrected chi connectivity index (χ4v) is 5.04. The molecule has 0 radical (unpaired) electrons. The van der Waals surface area contributed by atoms with E-state index in [1.54, 1.807) is 27.1 Å². The molecule has 30 heavy (non-hydrogen) atoms. The zero-order chi connectivity index (χ0) is 21.4. The Labute approximate surface area is 182 Å². The average Bonchev–Trinajstić information content (AvgIpc) is 3.34. The first-order valence-corrected chi connectivity index (χ1v) is 11.4. The van der Waals surface area contributed by atoms with Crippen LogP contribution in [0, 0.1) is 13.8 Å². The Hall–Kier alpha value is -2.84. The molecule has 0 aliphatic heterocycles. The van der Waals surface area contributed by atoms with E-state index in [0.29, 0.717) is 17.1 Å². The summed E-state index contributed by atoms with van der Waals surface area (Å²) >= 11 is 2.94. The summed E-state index contributed by atoms with van der Waals surface area (Å²) in [4.78, 5) is 37.8. The van der Waals surface area contributed by atoms with Crippen molar-refractivity contribution in [3.05, 3.63) is 68.0 Å². The number of hydrogen-bond donors (Lipinski definition) is 0. The van der Waals surface area contributed by atoms with Gasteiger partial charge in [-0.1, -0.05) is 13.0 Å². The summed E-state index contributed by atoms with van der Waals surface area (Å²) in [5.74, 6) is -0.107. The highest BCUT2D eigenvalue weighted by molar-refractivity contribution is 7.18. The van der Waals surface area contributed by atoms with Gasteiger partial charge in [0.1, 0.15) is 4.83 Å². The minimum absolute atomic E-state index is 0.0666. The van der Waals surface area contributed by atoms with Gasteiger partial charge in [-0.15, -0.1) is 22.7 Å². The lowest BCUT2D eigenvalue weighted by Gasteiger charge is -2.19. The summed E-state index contributed by atoms with van der Waals surface area (Å²) < 4.78 is 1.57. The quantitative estimate of drug-likeness (QED) is 0.448. The van der Waals surface area contributed by atoms with Crippen molar-refractivity contribution in [3.8, 4) is 0 Å². The normalized spacial score (nSPS) is 11.2. The number of rotatable bonds is 5. The van der Waals surface area contributed by atoms with Crippen molar-refractivity contribution in [2.75, 3.05) is 4.90 Å². The van der Waals surface area contributed by atoms with Gasteiger partial charge in [0.25, 0.3) is 5.56 Å². The number of amides is 1. The van der Waals surface area contributed by atoms with Gasteiger partial charge in [-0.2, -0.15) is 0 Å². The maximum atomic E-state index is 12.8. The van der Waals surface area contributed by atoms with Gasteiger partial charge in [0.15, 0.2) is 5.13 Å². The summed E-state index contributed by atoms with van der Waals surface area (Å²) in [5.41, 5.74) is 3.73. The van der Waals surface area contributed by atoms with Crippen LogP contribution in [0.2, 0.25) is 0 Å². The number of fused-ring (bicyclic) bond motifs is 1. The van der Waals surface area contributed by atoms with Crippen molar-refractivity contribution < 1.29 is 4.79 Å². The molecule has 0 spiro atoms. The number of carbonyl (C=O) groups is 1. The SMILES string of the molecule is CCc1cc2c(=O)n(Cc3csc(N(C(C)=O)c4ccc(C)c(C)c4)n3)cnc2s1. The molecule has 0 aliphatic carbocycles. The van der Waals surface area contributed by atoms with Crippen molar-refractivity contribution in [2.24, 2.45) is 0 Å². The molecule has 8 heteroatoms. The molecular formula is C22H22N4O2S2. The molecule has 0 fully saturated rings. The molecule has 3 heterocycles. The molecule has 0 bridgehead atoms. The molecule has 0 aliphatic rings. The fourth-order valence-electron chi connectivity index (χ4n) is 3.23. The number of nitrogens with zero attached hydrogens (tertiary/aromatic N) is 4. The van der Waals surface area contributed by atoms with Gasteiger partial charge >= 0.3 is 0 Å². The lowest BCUT2D eigenvalue weighted by molar-refractivity contribution is -0.115. The van der Waals surface area contributed by atoms with Crippen LogP contribution in [0.15, 0.2) is 40.8 Å². The van der Waals surface area contributed by atoms with Gasteiger partial charge in [-0.3, -0.25) is 19.1 Å². The molecule has 0 unspecified atom stereocenters. The van der Waals surface area contributed by atoms with E-state index in [9.17, 15) is 9.59 Å². The van der Waals surface area contributed by atoms with Crippen LogP contribution in [0.1, 0.15) is 35.5 Å². The van der Waals surface area contributed by atoms with Crippen LogP contribution < -0.4 is 10.5 Å². The zero-order valence-corrected chi connectivity index (χ0v) is 18.9. The van der Waals surface area contributed by atoms with E-state index in [2.05, 4.69) is 16.9 Å². The van der Waals surface area contributed by atoms with Crippen molar-refractivity contribution in [1.82, 2.24) is 14.5 Å². The van der Waals surface area contributed by atoms with Crippen LogP contribution in [-0.2, 0) is 17.8 Å². The Morgan fingerprint density at radius 2 is 2.00 bits per heavy atom. The zero-order valence-electron chi connectivity index (χ0n) is 17.3. The fraction of sp³-hybridized carbons (Fsp3) is 0.273. The smallest absolute Gasteiger partial charge is 0.262 e. The Bertz CT molecular complexity index is 1300. The van der Waals surface area contributed by atoms with Crippen molar-refractivity contribution >= 4 is 49.6 Å². The molecule has 0 N–H and O–H groups in total. The number of carbonyl (C=O) groups excluding carboxylic acids is 1. The molecular weight excluding hydrogens is 416 g/mol. The average molecular weight is 439 g/mol. The van der Waals surface area contributed by atoms with E-state index in [1.807, 2.05) is 43.5 Å². The summed E-state index contributed by atoms with van der Waals surface area (Å²) in [6, 6.07) is 7.84. The second kappa shape index (κ2) is 8.12. The number of benzene rings is 1. The van der Waals surface area contributed by atoms with Crippen molar-refractivity contribution in [1.29, 1.82) is 0 Å². The van der Waals surface area contributed by atoms with Gasteiger partial charge in [-0.05, 0) is 49.6 Å². The number of thiazole rings is 1. The van der Waals surface area contributed by atoms with Gasteiger partial charge in [0, 0.05) is 17.2 Å². The van der Waals surface area contributed by atoms with E-state index in [-0.39, 0.29) is 11.5 Å². The lowest BCUT2D eigenvalue weighted by atomic mass is 10.1. The minimum Gasteiger partial charge on any atom is -0.293 e. The highest BCUT2D eigenvalue weighted by Gasteiger charge is 2.19. The highest BCUT2D eigenvalue weighted by Crippen LogP contribution is 2.30. The van der Waals surface area contributed by atoms with E-state index >= 15 is 0 Å². The lowest BCUT2D eigenvalue weighted by Crippen LogP contribution is -2.23. The molecule has 0 saturated carbocycles. The van der Waals surface area contributed by atoms with Crippen molar-refractivity contribution in [2.45, 2.75) is 40.7 Å². The Morgan fingerprint density at radius 1 is 1.20 bits per heavy atom.